The number of amides is 3. The zero-order chi connectivity index (χ0) is 25.4. The number of hydrogen-bond donors (Lipinski definition) is 2. The average molecular weight is 494 g/mol. The molecule has 0 spiro atoms. The smallest absolute Gasteiger partial charge is 0.410 e. The molecule has 1 aliphatic rings. The van der Waals surface area contributed by atoms with E-state index in [0.717, 1.165) is 11.6 Å². The molecule has 0 aliphatic carbocycles. The number of hydrogen-bond acceptors (Lipinski definition) is 6. The van der Waals surface area contributed by atoms with Crippen LogP contribution in [0.2, 0.25) is 25.7 Å². The van der Waals surface area contributed by atoms with Crippen molar-refractivity contribution in [2.75, 3.05) is 19.7 Å². The lowest BCUT2D eigenvalue weighted by Gasteiger charge is -2.39. The van der Waals surface area contributed by atoms with Gasteiger partial charge < -0.3 is 29.7 Å². The molecule has 2 atom stereocenters. The van der Waals surface area contributed by atoms with Crippen LogP contribution in [0.15, 0.2) is 30.3 Å². The van der Waals surface area contributed by atoms with Gasteiger partial charge in [-0.15, -0.1) is 0 Å². The SMILES string of the molecule is CC(C)(C)OC(=O)N1CCC(NC(=O)OCc2ccccc2)C(NC(=O)OCC[Si](C)(C)C)C1. The maximum Gasteiger partial charge on any atom is 0.410 e. The topological polar surface area (TPSA) is 106 Å². The summed E-state index contributed by atoms with van der Waals surface area (Å²) in [6.45, 7) is 13.0. The molecule has 34 heavy (non-hydrogen) atoms. The van der Waals surface area contributed by atoms with Crippen molar-refractivity contribution in [3.05, 3.63) is 35.9 Å². The fourth-order valence-electron chi connectivity index (χ4n) is 3.32. The zero-order valence-electron chi connectivity index (χ0n) is 21.2. The van der Waals surface area contributed by atoms with Crippen LogP contribution in [0.3, 0.4) is 0 Å². The monoisotopic (exact) mass is 493 g/mol. The molecule has 0 bridgehead atoms. The van der Waals surface area contributed by atoms with Gasteiger partial charge in [0.2, 0.25) is 0 Å². The molecule has 1 fully saturated rings. The van der Waals surface area contributed by atoms with Crippen molar-refractivity contribution >= 4 is 26.4 Å². The van der Waals surface area contributed by atoms with E-state index in [4.69, 9.17) is 14.2 Å². The number of rotatable bonds is 7. The molecule has 3 amide bonds. The van der Waals surface area contributed by atoms with Crippen LogP contribution in [-0.4, -0.2) is 68.6 Å². The van der Waals surface area contributed by atoms with Crippen LogP contribution in [0.5, 0.6) is 0 Å². The number of nitrogens with zero attached hydrogens (tertiary/aromatic N) is 1. The van der Waals surface area contributed by atoms with E-state index in [0.29, 0.717) is 19.6 Å². The first kappa shape index (κ1) is 27.5. The average Bonchev–Trinajstić information content (AvgIpc) is 2.72. The molecule has 1 aliphatic heterocycles. The van der Waals surface area contributed by atoms with E-state index in [1.54, 1.807) is 20.8 Å². The number of alkyl carbamates (subject to hydrolysis) is 2. The van der Waals surface area contributed by atoms with E-state index in [1.807, 2.05) is 30.3 Å². The Hall–Kier alpha value is -2.75. The Balaban J connectivity index is 1.98. The Morgan fingerprint density at radius 3 is 2.24 bits per heavy atom. The van der Waals surface area contributed by atoms with E-state index in [2.05, 4.69) is 30.3 Å². The predicted octanol–water partition coefficient (Wildman–Crippen LogP) is 4.36. The lowest BCUT2D eigenvalue weighted by Crippen LogP contribution is -2.61. The molecular formula is C24H39N3O6Si. The second-order valence-electron chi connectivity index (χ2n) is 10.7. The van der Waals surface area contributed by atoms with E-state index in [9.17, 15) is 14.4 Å². The third-order valence-corrected chi connectivity index (χ3v) is 6.87. The summed E-state index contributed by atoms with van der Waals surface area (Å²) in [6.07, 6.45) is -1.19. The molecule has 10 heteroatoms. The normalized spacial score (nSPS) is 18.6. The highest BCUT2D eigenvalue weighted by Gasteiger charge is 2.36. The van der Waals surface area contributed by atoms with Crippen LogP contribution >= 0.6 is 0 Å². The molecule has 1 heterocycles. The highest BCUT2D eigenvalue weighted by Crippen LogP contribution is 2.17. The Kier molecular flexibility index (Phi) is 9.78. The molecule has 190 valence electrons. The molecule has 2 rings (SSSR count). The lowest BCUT2D eigenvalue weighted by molar-refractivity contribution is 0.0158. The Bertz CT molecular complexity index is 822. The molecular weight excluding hydrogens is 454 g/mol. The van der Waals surface area contributed by atoms with Crippen molar-refractivity contribution in [2.45, 2.75) is 77.2 Å². The van der Waals surface area contributed by atoms with Gasteiger partial charge in [0.15, 0.2) is 0 Å². The van der Waals surface area contributed by atoms with Gasteiger partial charge in [0.25, 0.3) is 0 Å². The Labute approximate surface area is 203 Å². The van der Waals surface area contributed by atoms with Crippen molar-refractivity contribution in [1.29, 1.82) is 0 Å². The van der Waals surface area contributed by atoms with Gasteiger partial charge in [0.1, 0.15) is 12.2 Å². The molecule has 2 N–H and O–H groups in total. The number of carbonyl (C=O) groups is 3. The highest BCUT2D eigenvalue weighted by atomic mass is 28.3. The summed E-state index contributed by atoms with van der Waals surface area (Å²) in [4.78, 5) is 39.0. The van der Waals surface area contributed by atoms with Crippen molar-refractivity contribution in [3.8, 4) is 0 Å². The molecule has 0 radical (unpaired) electrons. The van der Waals surface area contributed by atoms with Gasteiger partial charge in [-0.2, -0.15) is 0 Å². The van der Waals surface area contributed by atoms with Gasteiger partial charge in [0, 0.05) is 21.2 Å². The van der Waals surface area contributed by atoms with E-state index >= 15 is 0 Å². The number of likely N-dealkylation sites (tertiary alicyclic amines) is 1. The minimum atomic E-state index is -1.35. The largest absolute Gasteiger partial charge is 0.450 e. The van der Waals surface area contributed by atoms with Crippen molar-refractivity contribution in [3.63, 3.8) is 0 Å². The lowest BCUT2D eigenvalue weighted by atomic mass is 10.00. The van der Waals surface area contributed by atoms with Crippen molar-refractivity contribution in [2.24, 2.45) is 0 Å². The molecule has 0 aromatic heterocycles. The molecule has 1 saturated heterocycles. The summed E-state index contributed by atoms with van der Waals surface area (Å²) in [6, 6.07) is 9.24. The molecule has 9 nitrogen and oxygen atoms in total. The summed E-state index contributed by atoms with van der Waals surface area (Å²) >= 11 is 0. The maximum atomic E-state index is 12.6. The first-order chi connectivity index (χ1) is 15.8. The second kappa shape index (κ2) is 12.1. The van der Waals surface area contributed by atoms with Crippen LogP contribution in [-0.2, 0) is 20.8 Å². The Morgan fingerprint density at radius 2 is 1.62 bits per heavy atom. The molecule has 2 unspecified atom stereocenters. The quantitative estimate of drug-likeness (QED) is 0.432. The van der Waals surface area contributed by atoms with Gasteiger partial charge in [-0.25, -0.2) is 14.4 Å². The van der Waals surface area contributed by atoms with Crippen LogP contribution in [0, 0.1) is 0 Å². The zero-order valence-corrected chi connectivity index (χ0v) is 22.2. The third-order valence-electron chi connectivity index (χ3n) is 5.17. The predicted molar refractivity (Wildman–Crippen MR) is 132 cm³/mol. The van der Waals surface area contributed by atoms with Crippen molar-refractivity contribution in [1.82, 2.24) is 15.5 Å². The van der Waals surface area contributed by atoms with Gasteiger partial charge in [-0.3, -0.25) is 0 Å². The first-order valence-corrected chi connectivity index (χ1v) is 15.4. The fourth-order valence-corrected chi connectivity index (χ4v) is 4.04. The number of carbonyl (C=O) groups excluding carboxylic acids is 3. The van der Waals surface area contributed by atoms with Crippen LogP contribution in [0.25, 0.3) is 0 Å². The minimum Gasteiger partial charge on any atom is -0.450 e. The van der Waals surface area contributed by atoms with Crippen molar-refractivity contribution < 1.29 is 28.6 Å². The second-order valence-corrected chi connectivity index (χ2v) is 16.3. The fraction of sp³-hybridized carbons (Fsp3) is 0.625. The number of ether oxygens (including phenoxy) is 3. The standard InChI is InChI=1S/C24H39N3O6Si/c1-24(2,3)33-23(30)27-13-12-19(25-22(29)32-17-18-10-8-7-9-11-18)20(16-27)26-21(28)31-14-15-34(4,5)6/h7-11,19-20H,12-17H2,1-6H3,(H,25,29)(H,26,28). The number of piperidine rings is 1. The van der Waals surface area contributed by atoms with E-state index in [-0.39, 0.29) is 13.2 Å². The van der Waals surface area contributed by atoms with Gasteiger partial charge in [-0.05, 0) is 38.8 Å². The summed E-state index contributed by atoms with van der Waals surface area (Å²) in [5.74, 6) is 0. The van der Waals surface area contributed by atoms with Crippen LogP contribution in [0.1, 0.15) is 32.8 Å². The van der Waals surface area contributed by atoms with Crippen LogP contribution < -0.4 is 10.6 Å². The van der Waals surface area contributed by atoms with Gasteiger partial charge in [-0.1, -0.05) is 50.0 Å². The number of benzene rings is 1. The molecule has 1 aromatic rings. The summed E-state index contributed by atoms with van der Waals surface area (Å²) < 4.78 is 16.2. The summed E-state index contributed by atoms with van der Waals surface area (Å²) in [5, 5.41) is 5.65. The summed E-state index contributed by atoms with van der Waals surface area (Å²) in [7, 11) is -1.35. The Morgan fingerprint density at radius 1 is 1.00 bits per heavy atom. The highest BCUT2D eigenvalue weighted by molar-refractivity contribution is 6.76. The van der Waals surface area contributed by atoms with E-state index in [1.165, 1.54) is 4.90 Å². The summed E-state index contributed by atoms with van der Waals surface area (Å²) in [5.41, 5.74) is 0.240. The maximum absolute atomic E-state index is 12.6. The molecule has 1 aromatic carbocycles. The minimum absolute atomic E-state index is 0.139. The van der Waals surface area contributed by atoms with Gasteiger partial charge >= 0.3 is 18.3 Å². The first-order valence-electron chi connectivity index (χ1n) is 11.7. The van der Waals surface area contributed by atoms with Gasteiger partial charge in [0.05, 0.1) is 18.7 Å². The number of nitrogens with one attached hydrogen (secondary N) is 2. The van der Waals surface area contributed by atoms with Crippen LogP contribution in [0.4, 0.5) is 14.4 Å². The van der Waals surface area contributed by atoms with E-state index < -0.39 is 44.0 Å². The third kappa shape index (κ3) is 10.5. The molecule has 0 saturated carbocycles.